The summed E-state index contributed by atoms with van der Waals surface area (Å²) in [4.78, 5) is 6.84. The number of fused-ring (bicyclic) bond motifs is 1. The van der Waals surface area contributed by atoms with Crippen molar-refractivity contribution in [2.24, 2.45) is 0 Å². The van der Waals surface area contributed by atoms with Gasteiger partial charge in [0, 0.05) is 19.0 Å². The number of anilines is 2. The summed E-state index contributed by atoms with van der Waals surface area (Å²) in [6, 6.07) is 7.91. The Bertz CT molecular complexity index is 726. The fraction of sp³-hybridized carbons (Fsp3) is 0.357. The van der Waals surface area contributed by atoms with E-state index in [-0.39, 0.29) is 0 Å². The van der Waals surface area contributed by atoms with Crippen LogP contribution in [0.15, 0.2) is 28.7 Å². The van der Waals surface area contributed by atoms with Gasteiger partial charge in [-0.15, -0.1) is 10.2 Å². The zero-order chi connectivity index (χ0) is 14.2. The van der Waals surface area contributed by atoms with E-state index in [1.807, 2.05) is 24.3 Å². The number of nitrogens with two attached hydrogens (primary N) is 1. The maximum Gasteiger partial charge on any atom is 0.209 e. The number of benzene rings is 1. The Balaban J connectivity index is 1.49. The Morgan fingerprint density at radius 2 is 2.00 bits per heavy atom. The molecule has 1 fully saturated rings. The Labute approximate surface area is 125 Å². The van der Waals surface area contributed by atoms with Gasteiger partial charge in [-0.05, 0) is 25.0 Å². The first-order chi connectivity index (χ1) is 10.3. The third kappa shape index (κ3) is 2.33. The highest BCUT2D eigenvalue weighted by atomic mass is 32.1. The minimum atomic E-state index is 0.374. The summed E-state index contributed by atoms with van der Waals surface area (Å²) in [5.74, 6) is 1.23. The number of para-hydroxylation sites is 2. The van der Waals surface area contributed by atoms with Crippen molar-refractivity contribution in [1.29, 1.82) is 0 Å². The largest absolute Gasteiger partial charge is 0.440 e. The molecule has 2 N–H and O–H groups in total. The molecule has 0 unspecified atom stereocenters. The van der Waals surface area contributed by atoms with Crippen molar-refractivity contribution in [3.8, 4) is 0 Å². The van der Waals surface area contributed by atoms with Crippen molar-refractivity contribution in [1.82, 2.24) is 15.2 Å². The Hall–Kier alpha value is -2.15. The van der Waals surface area contributed by atoms with Crippen LogP contribution in [0.1, 0.15) is 24.7 Å². The molecule has 3 aromatic rings. The van der Waals surface area contributed by atoms with Gasteiger partial charge in [0.1, 0.15) is 5.52 Å². The molecule has 1 aliphatic heterocycles. The zero-order valence-electron chi connectivity index (χ0n) is 11.4. The molecule has 1 aliphatic rings. The highest BCUT2D eigenvalue weighted by Crippen LogP contribution is 2.32. The smallest absolute Gasteiger partial charge is 0.209 e. The molecule has 1 saturated heterocycles. The number of nitrogen functional groups attached to an aromatic ring is 1. The van der Waals surface area contributed by atoms with Gasteiger partial charge in [-0.25, -0.2) is 4.98 Å². The lowest BCUT2D eigenvalue weighted by atomic mass is 9.97. The minimum absolute atomic E-state index is 0.374. The van der Waals surface area contributed by atoms with E-state index in [1.54, 1.807) is 0 Å². The van der Waals surface area contributed by atoms with Crippen LogP contribution < -0.4 is 10.6 Å². The van der Waals surface area contributed by atoms with E-state index >= 15 is 0 Å². The first-order valence-electron chi connectivity index (χ1n) is 6.99. The topological polar surface area (TPSA) is 81.1 Å². The predicted octanol–water partition coefficient (Wildman–Crippen LogP) is 2.65. The lowest BCUT2D eigenvalue weighted by Gasteiger charge is -2.29. The fourth-order valence-corrected chi connectivity index (χ4v) is 3.40. The molecule has 0 spiro atoms. The van der Waals surface area contributed by atoms with Gasteiger partial charge in [0.15, 0.2) is 11.5 Å². The van der Waals surface area contributed by atoms with E-state index in [0.29, 0.717) is 11.0 Å². The molecule has 0 aliphatic carbocycles. The second-order valence-corrected chi connectivity index (χ2v) is 6.19. The van der Waals surface area contributed by atoms with Crippen molar-refractivity contribution in [3.05, 3.63) is 30.2 Å². The van der Waals surface area contributed by atoms with Gasteiger partial charge < -0.3 is 15.1 Å². The molecular formula is C14H15N5OS. The van der Waals surface area contributed by atoms with Gasteiger partial charge in [0.25, 0.3) is 0 Å². The van der Waals surface area contributed by atoms with Crippen LogP contribution in [0.25, 0.3) is 11.1 Å². The van der Waals surface area contributed by atoms with Gasteiger partial charge >= 0.3 is 0 Å². The van der Waals surface area contributed by atoms with E-state index in [0.717, 1.165) is 48.1 Å². The SMILES string of the molecule is Nc1nnc(N2CCC(c3nc4ccccc4o3)CC2)s1. The Morgan fingerprint density at radius 3 is 2.71 bits per heavy atom. The van der Waals surface area contributed by atoms with Gasteiger partial charge in [-0.3, -0.25) is 0 Å². The van der Waals surface area contributed by atoms with Crippen LogP contribution in [0.3, 0.4) is 0 Å². The van der Waals surface area contributed by atoms with E-state index < -0.39 is 0 Å². The highest BCUT2D eigenvalue weighted by molar-refractivity contribution is 7.18. The number of hydrogen-bond acceptors (Lipinski definition) is 7. The van der Waals surface area contributed by atoms with Crippen molar-refractivity contribution in [3.63, 3.8) is 0 Å². The quantitative estimate of drug-likeness (QED) is 0.783. The van der Waals surface area contributed by atoms with Crippen LogP contribution in [0.4, 0.5) is 10.3 Å². The molecule has 7 heteroatoms. The average molecular weight is 301 g/mol. The average Bonchev–Trinajstić information content (AvgIpc) is 3.13. The molecule has 0 bridgehead atoms. The molecular weight excluding hydrogens is 286 g/mol. The molecule has 108 valence electrons. The van der Waals surface area contributed by atoms with Crippen LogP contribution >= 0.6 is 11.3 Å². The van der Waals surface area contributed by atoms with Gasteiger partial charge in [0.2, 0.25) is 10.3 Å². The van der Waals surface area contributed by atoms with E-state index in [4.69, 9.17) is 10.2 Å². The molecule has 2 aromatic heterocycles. The number of nitrogens with zero attached hydrogens (tertiary/aromatic N) is 4. The maximum atomic E-state index is 5.88. The Kier molecular flexibility index (Phi) is 2.99. The molecule has 0 radical (unpaired) electrons. The normalized spacial score (nSPS) is 16.7. The number of hydrogen-bond donors (Lipinski definition) is 1. The molecule has 0 amide bonds. The van der Waals surface area contributed by atoms with Crippen molar-refractivity contribution >= 4 is 32.7 Å². The van der Waals surface area contributed by atoms with Crippen LogP contribution in [-0.4, -0.2) is 28.3 Å². The molecule has 0 saturated carbocycles. The number of aromatic nitrogens is 3. The molecule has 21 heavy (non-hydrogen) atoms. The summed E-state index contributed by atoms with van der Waals surface area (Å²) in [6.07, 6.45) is 2.01. The van der Waals surface area contributed by atoms with Crippen LogP contribution in [0.2, 0.25) is 0 Å². The van der Waals surface area contributed by atoms with Crippen LogP contribution in [0.5, 0.6) is 0 Å². The maximum absolute atomic E-state index is 5.88. The van der Waals surface area contributed by atoms with Gasteiger partial charge in [0.05, 0.1) is 0 Å². The number of rotatable bonds is 2. The zero-order valence-corrected chi connectivity index (χ0v) is 12.2. The standard InChI is InChI=1S/C14H15N5OS/c15-13-17-18-14(21-13)19-7-5-9(6-8-19)12-16-10-3-1-2-4-11(10)20-12/h1-4,9H,5-8H2,(H2,15,17). The van der Waals surface area contributed by atoms with E-state index in [2.05, 4.69) is 20.1 Å². The van der Waals surface area contributed by atoms with Gasteiger partial charge in [-0.1, -0.05) is 23.5 Å². The second kappa shape index (κ2) is 5.00. The Morgan fingerprint density at radius 1 is 1.19 bits per heavy atom. The lowest BCUT2D eigenvalue weighted by molar-refractivity contribution is 0.407. The summed E-state index contributed by atoms with van der Waals surface area (Å²) in [5, 5.41) is 9.40. The van der Waals surface area contributed by atoms with Crippen molar-refractivity contribution < 1.29 is 4.42 Å². The van der Waals surface area contributed by atoms with Gasteiger partial charge in [-0.2, -0.15) is 0 Å². The summed E-state index contributed by atoms with van der Waals surface area (Å²) in [7, 11) is 0. The third-order valence-electron chi connectivity index (χ3n) is 3.86. The fourth-order valence-electron chi connectivity index (χ4n) is 2.74. The summed E-state index contributed by atoms with van der Waals surface area (Å²) in [5.41, 5.74) is 7.44. The molecule has 0 atom stereocenters. The summed E-state index contributed by atoms with van der Waals surface area (Å²) in [6.45, 7) is 1.86. The van der Waals surface area contributed by atoms with E-state index in [9.17, 15) is 0 Å². The third-order valence-corrected chi connectivity index (χ3v) is 4.67. The van der Waals surface area contributed by atoms with Crippen molar-refractivity contribution in [2.75, 3.05) is 23.7 Å². The van der Waals surface area contributed by atoms with Crippen LogP contribution in [-0.2, 0) is 0 Å². The molecule has 3 heterocycles. The minimum Gasteiger partial charge on any atom is -0.440 e. The summed E-state index contributed by atoms with van der Waals surface area (Å²) < 4.78 is 5.88. The number of oxazole rings is 1. The molecule has 6 nitrogen and oxygen atoms in total. The highest BCUT2D eigenvalue weighted by Gasteiger charge is 2.26. The number of piperidine rings is 1. The summed E-state index contributed by atoms with van der Waals surface area (Å²) >= 11 is 1.44. The molecule has 1 aromatic carbocycles. The predicted molar refractivity (Wildman–Crippen MR) is 82.5 cm³/mol. The molecule has 4 rings (SSSR count). The monoisotopic (exact) mass is 301 g/mol. The second-order valence-electron chi connectivity index (χ2n) is 5.20. The van der Waals surface area contributed by atoms with Crippen LogP contribution in [0, 0.1) is 0 Å². The van der Waals surface area contributed by atoms with Crippen molar-refractivity contribution in [2.45, 2.75) is 18.8 Å². The first-order valence-corrected chi connectivity index (χ1v) is 7.80. The first kappa shape index (κ1) is 12.6. The van der Waals surface area contributed by atoms with E-state index in [1.165, 1.54) is 11.3 Å². The lowest BCUT2D eigenvalue weighted by Crippen LogP contribution is -2.32.